The predicted molar refractivity (Wildman–Crippen MR) is 91.1 cm³/mol. The first kappa shape index (κ1) is 18.3. The van der Waals surface area contributed by atoms with E-state index >= 15 is 0 Å². The Kier molecular flexibility index (Phi) is 5.21. The van der Waals surface area contributed by atoms with Gasteiger partial charge in [-0.15, -0.1) is 5.92 Å². The summed E-state index contributed by atoms with van der Waals surface area (Å²) >= 11 is 12.0. The summed E-state index contributed by atoms with van der Waals surface area (Å²) in [6, 6.07) is 0. The molecule has 0 N–H and O–H groups in total. The Labute approximate surface area is 148 Å². The molecule has 0 aliphatic rings. The van der Waals surface area contributed by atoms with E-state index in [2.05, 4.69) is 21.8 Å². The Morgan fingerprint density at radius 3 is 2.54 bits per heavy atom. The van der Waals surface area contributed by atoms with Gasteiger partial charge in [-0.2, -0.15) is 4.98 Å². The number of nitrogens with zero attached hydrogens (tertiary/aromatic N) is 4. The van der Waals surface area contributed by atoms with E-state index in [4.69, 9.17) is 27.9 Å². The SMILES string of the molecule is CC#CCn1c(=O)n(CC(C)(C)C(=O)OC)c2nc(Cl)nc(Cl)c21. The normalized spacial score (nSPS) is 11.2. The number of rotatable bonds is 4. The van der Waals surface area contributed by atoms with Gasteiger partial charge in [0, 0.05) is 6.54 Å². The first-order valence-electron chi connectivity index (χ1n) is 7.03. The molecule has 7 nitrogen and oxygen atoms in total. The highest BCUT2D eigenvalue weighted by molar-refractivity contribution is 6.35. The average molecular weight is 371 g/mol. The maximum Gasteiger partial charge on any atom is 0.331 e. The van der Waals surface area contributed by atoms with E-state index in [9.17, 15) is 9.59 Å². The number of carbonyl (C=O) groups is 1. The zero-order valence-corrected chi connectivity index (χ0v) is 15.2. The molecule has 0 aliphatic carbocycles. The van der Waals surface area contributed by atoms with E-state index in [1.807, 2.05) is 0 Å². The molecule has 0 saturated heterocycles. The molecule has 0 radical (unpaired) electrons. The number of methoxy groups -OCH3 is 1. The standard InChI is InChI=1S/C15H16Cl2N4O3/c1-5-6-7-20-9-10(16)18-13(17)19-11(9)21(14(20)23)8-15(2,3)12(22)24-4/h7-8H2,1-4H3. The third-order valence-corrected chi connectivity index (χ3v) is 3.92. The molecule has 0 aliphatic heterocycles. The van der Waals surface area contributed by atoms with Crippen molar-refractivity contribution >= 4 is 40.3 Å². The second kappa shape index (κ2) is 6.83. The van der Waals surface area contributed by atoms with Crippen molar-refractivity contribution in [1.29, 1.82) is 0 Å². The van der Waals surface area contributed by atoms with Crippen molar-refractivity contribution < 1.29 is 9.53 Å². The van der Waals surface area contributed by atoms with Crippen LogP contribution in [0, 0.1) is 17.3 Å². The molecule has 0 amide bonds. The highest BCUT2D eigenvalue weighted by Crippen LogP contribution is 2.25. The summed E-state index contributed by atoms with van der Waals surface area (Å²) < 4.78 is 7.49. The van der Waals surface area contributed by atoms with Crippen LogP contribution in [0.15, 0.2) is 4.79 Å². The highest BCUT2D eigenvalue weighted by atomic mass is 35.5. The molecule has 0 fully saturated rings. The average Bonchev–Trinajstić information content (AvgIpc) is 2.76. The Hall–Kier alpha value is -2.04. The van der Waals surface area contributed by atoms with Crippen LogP contribution in [0.25, 0.3) is 11.2 Å². The summed E-state index contributed by atoms with van der Waals surface area (Å²) in [5.41, 5.74) is -0.768. The van der Waals surface area contributed by atoms with Crippen LogP contribution >= 0.6 is 23.2 Å². The summed E-state index contributed by atoms with van der Waals surface area (Å²) in [7, 11) is 1.29. The maximum absolute atomic E-state index is 12.8. The minimum atomic E-state index is -0.946. The molecule has 128 valence electrons. The maximum atomic E-state index is 12.8. The molecule has 2 aromatic heterocycles. The zero-order chi connectivity index (χ0) is 18.1. The minimum absolute atomic E-state index is 0.0469. The Morgan fingerprint density at radius 1 is 1.29 bits per heavy atom. The monoisotopic (exact) mass is 370 g/mol. The van der Waals surface area contributed by atoms with Gasteiger partial charge in [-0.1, -0.05) is 17.5 Å². The fourth-order valence-corrected chi connectivity index (χ4v) is 2.80. The first-order valence-corrected chi connectivity index (χ1v) is 7.78. The third kappa shape index (κ3) is 3.25. The molecule has 2 heterocycles. The largest absolute Gasteiger partial charge is 0.469 e. The van der Waals surface area contributed by atoms with Crippen LogP contribution < -0.4 is 5.69 Å². The van der Waals surface area contributed by atoms with Crippen molar-refractivity contribution in [3.8, 4) is 11.8 Å². The van der Waals surface area contributed by atoms with Gasteiger partial charge >= 0.3 is 11.7 Å². The van der Waals surface area contributed by atoms with Crippen LogP contribution in [0.2, 0.25) is 10.4 Å². The van der Waals surface area contributed by atoms with E-state index in [1.54, 1.807) is 20.8 Å². The molecule has 2 aromatic rings. The van der Waals surface area contributed by atoms with Crippen LogP contribution in [0.1, 0.15) is 20.8 Å². The number of carbonyl (C=O) groups excluding carboxylic acids is 1. The Morgan fingerprint density at radius 2 is 1.96 bits per heavy atom. The predicted octanol–water partition coefficient (Wildman–Crippen LogP) is 2.12. The summed E-state index contributed by atoms with van der Waals surface area (Å²) in [6.45, 7) is 5.18. The van der Waals surface area contributed by atoms with Crippen LogP contribution in [-0.2, 0) is 22.6 Å². The van der Waals surface area contributed by atoms with Gasteiger partial charge in [0.15, 0.2) is 10.8 Å². The van der Waals surface area contributed by atoms with Crippen LogP contribution in [0.4, 0.5) is 0 Å². The molecule has 9 heteroatoms. The van der Waals surface area contributed by atoms with E-state index in [0.717, 1.165) is 0 Å². The van der Waals surface area contributed by atoms with Gasteiger partial charge in [-0.3, -0.25) is 13.9 Å². The molecule has 0 unspecified atom stereocenters. The lowest BCUT2D eigenvalue weighted by Crippen LogP contribution is -2.35. The van der Waals surface area contributed by atoms with Gasteiger partial charge in [-0.25, -0.2) is 9.78 Å². The van der Waals surface area contributed by atoms with E-state index < -0.39 is 17.1 Å². The van der Waals surface area contributed by atoms with Gasteiger partial charge in [0.25, 0.3) is 0 Å². The van der Waals surface area contributed by atoms with Crippen molar-refractivity contribution in [3.63, 3.8) is 0 Å². The molecule has 2 rings (SSSR count). The lowest BCUT2D eigenvalue weighted by Gasteiger charge is -2.21. The Bertz CT molecular complexity index is 919. The van der Waals surface area contributed by atoms with Crippen LogP contribution in [-0.4, -0.2) is 32.2 Å². The van der Waals surface area contributed by atoms with Gasteiger partial charge in [0.05, 0.1) is 19.1 Å². The number of aromatic nitrogens is 4. The number of hydrogen-bond donors (Lipinski definition) is 0. The summed E-state index contributed by atoms with van der Waals surface area (Å²) in [5.74, 6) is 5.08. The summed E-state index contributed by atoms with van der Waals surface area (Å²) in [4.78, 5) is 32.7. The van der Waals surface area contributed by atoms with Crippen molar-refractivity contribution in [1.82, 2.24) is 19.1 Å². The molecule has 0 spiro atoms. The second-order valence-corrected chi connectivity index (χ2v) is 6.41. The van der Waals surface area contributed by atoms with E-state index in [0.29, 0.717) is 5.52 Å². The fraction of sp³-hybridized carbons (Fsp3) is 0.467. The third-order valence-electron chi connectivity index (χ3n) is 3.49. The summed E-state index contributed by atoms with van der Waals surface area (Å²) in [6.07, 6.45) is 0. The zero-order valence-electron chi connectivity index (χ0n) is 13.7. The Balaban J connectivity index is 2.73. The minimum Gasteiger partial charge on any atom is -0.469 e. The molecule has 0 aromatic carbocycles. The lowest BCUT2D eigenvalue weighted by molar-refractivity contribution is -0.151. The number of fused-ring (bicyclic) bond motifs is 1. The molecule has 24 heavy (non-hydrogen) atoms. The summed E-state index contributed by atoms with van der Waals surface area (Å²) in [5, 5.41) is -0.0366. The van der Waals surface area contributed by atoms with Gasteiger partial charge in [-0.05, 0) is 32.4 Å². The quantitative estimate of drug-likeness (QED) is 0.356. The molecule has 0 saturated carbocycles. The van der Waals surface area contributed by atoms with Crippen LogP contribution in [0.3, 0.4) is 0 Å². The fourth-order valence-electron chi connectivity index (χ4n) is 2.33. The smallest absolute Gasteiger partial charge is 0.331 e. The number of imidazole rings is 1. The van der Waals surface area contributed by atoms with Crippen molar-refractivity contribution in [3.05, 3.63) is 20.9 Å². The van der Waals surface area contributed by atoms with Crippen molar-refractivity contribution in [2.24, 2.45) is 5.41 Å². The molecule has 0 bridgehead atoms. The second-order valence-electron chi connectivity index (χ2n) is 5.71. The molecular weight excluding hydrogens is 355 g/mol. The first-order chi connectivity index (χ1) is 11.2. The van der Waals surface area contributed by atoms with Gasteiger partial charge in [0.1, 0.15) is 5.52 Å². The molecular formula is C15H16Cl2N4O3. The number of halogens is 2. The number of ether oxygens (including phenoxy) is 1. The van der Waals surface area contributed by atoms with Crippen molar-refractivity contribution in [2.45, 2.75) is 33.9 Å². The topological polar surface area (TPSA) is 79.0 Å². The number of esters is 1. The van der Waals surface area contributed by atoms with Gasteiger partial charge in [0.2, 0.25) is 5.28 Å². The lowest BCUT2D eigenvalue weighted by atomic mass is 9.94. The van der Waals surface area contributed by atoms with E-state index in [1.165, 1.54) is 16.2 Å². The molecule has 0 atom stereocenters. The van der Waals surface area contributed by atoms with Gasteiger partial charge < -0.3 is 4.74 Å². The van der Waals surface area contributed by atoms with Crippen LogP contribution in [0.5, 0.6) is 0 Å². The van der Waals surface area contributed by atoms with E-state index in [-0.39, 0.29) is 29.2 Å². The van der Waals surface area contributed by atoms with Crippen molar-refractivity contribution in [2.75, 3.05) is 7.11 Å². The number of hydrogen-bond acceptors (Lipinski definition) is 5. The highest BCUT2D eigenvalue weighted by Gasteiger charge is 2.32.